The number of hydrogen-bond acceptors (Lipinski definition) is 4. The largest absolute Gasteiger partial charge is 0.316 e. The molecule has 2 aromatic carbocycles. The van der Waals surface area contributed by atoms with E-state index in [4.69, 9.17) is 10.1 Å². The minimum absolute atomic E-state index is 0.661. The molecular weight excluding hydrogens is 382 g/mol. The molecule has 1 saturated carbocycles. The highest BCUT2D eigenvalue weighted by Crippen LogP contribution is 2.49. The molecule has 0 bridgehead atoms. The molecule has 3 heterocycles. The van der Waals surface area contributed by atoms with Crippen molar-refractivity contribution < 1.29 is 0 Å². The molecule has 0 radical (unpaired) electrons. The van der Waals surface area contributed by atoms with Gasteiger partial charge in [0.1, 0.15) is 5.52 Å². The van der Waals surface area contributed by atoms with E-state index in [0.717, 1.165) is 70.8 Å². The maximum absolute atomic E-state index is 9.19. The summed E-state index contributed by atoms with van der Waals surface area (Å²) in [6.07, 6.45) is 1.89. The average molecular weight is 406 g/mol. The number of fused-ring (bicyclic) bond motifs is 2. The number of piperidine rings is 1. The topological polar surface area (TPSA) is 66.5 Å². The van der Waals surface area contributed by atoms with Crippen LogP contribution in [0.2, 0.25) is 0 Å². The van der Waals surface area contributed by atoms with Gasteiger partial charge in [0.15, 0.2) is 0 Å². The lowest BCUT2D eigenvalue weighted by molar-refractivity contribution is 0.494. The Balaban J connectivity index is 1.47. The Morgan fingerprint density at radius 2 is 1.74 bits per heavy atom. The standard InChI is InChI=1S/C26H23N5/c1-16-2-6-19(7-3-16)26-20(18-8-4-17(11-27)5-9-18)10-25-24(30-26)14-29-31(25)15-23-21-12-28-13-22(21)23/h2-10,14,21-23,28H,12-13,15H2,1H3/t21-,22+,23?. The third kappa shape index (κ3) is 3.11. The Labute approximate surface area is 181 Å². The molecule has 152 valence electrons. The molecule has 5 heteroatoms. The van der Waals surface area contributed by atoms with Crippen LogP contribution in [0, 0.1) is 36.0 Å². The number of pyridine rings is 1. The van der Waals surface area contributed by atoms with Crippen LogP contribution in [0.15, 0.2) is 60.8 Å². The van der Waals surface area contributed by atoms with Gasteiger partial charge in [-0.25, -0.2) is 4.98 Å². The number of aromatic nitrogens is 3. The summed E-state index contributed by atoms with van der Waals surface area (Å²) in [6, 6.07) is 20.7. The number of nitrogens with one attached hydrogen (secondary N) is 1. The number of hydrogen-bond donors (Lipinski definition) is 1. The first kappa shape index (κ1) is 18.3. The minimum Gasteiger partial charge on any atom is -0.316 e. The molecular formula is C26H23N5. The van der Waals surface area contributed by atoms with Gasteiger partial charge in [-0.15, -0.1) is 0 Å². The smallest absolute Gasteiger partial charge is 0.109 e. The Kier molecular flexibility index (Phi) is 4.15. The highest BCUT2D eigenvalue weighted by Gasteiger charge is 2.52. The van der Waals surface area contributed by atoms with E-state index in [-0.39, 0.29) is 0 Å². The van der Waals surface area contributed by atoms with Crippen LogP contribution in [-0.2, 0) is 6.54 Å². The summed E-state index contributed by atoms with van der Waals surface area (Å²) < 4.78 is 2.14. The minimum atomic E-state index is 0.661. The van der Waals surface area contributed by atoms with Crippen molar-refractivity contribution in [1.82, 2.24) is 20.1 Å². The zero-order chi connectivity index (χ0) is 20.9. The van der Waals surface area contributed by atoms with Gasteiger partial charge in [-0.3, -0.25) is 4.68 Å². The fraction of sp³-hybridized carbons (Fsp3) is 0.269. The summed E-state index contributed by atoms with van der Waals surface area (Å²) >= 11 is 0. The fourth-order valence-corrected chi connectivity index (χ4v) is 5.04. The van der Waals surface area contributed by atoms with Crippen molar-refractivity contribution >= 4 is 11.0 Å². The summed E-state index contributed by atoms with van der Waals surface area (Å²) in [6.45, 7) is 5.33. The third-order valence-electron chi connectivity index (χ3n) is 6.93. The van der Waals surface area contributed by atoms with E-state index in [1.54, 1.807) is 0 Å². The summed E-state index contributed by atoms with van der Waals surface area (Å²) in [7, 11) is 0. The van der Waals surface area contributed by atoms with Crippen LogP contribution in [0.4, 0.5) is 0 Å². The molecule has 1 N–H and O–H groups in total. The zero-order valence-electron chi connectivity index (χ0n) is 17.4. The Morgan fingerprint density at radius 3 is 2.45 bits per heavy atom. The monoisotopic (exact) mass is 405 g/mol. The molecule has 1 saturated heterocycles. The van der Waals surface area contributed by atoms with Crippen molar-refractivity contribution in [2.75, 3.05) is 13.1 Å². The molecule has 0 spiro atoms. The average Bonchev–Trinajstić information content (AvgIpc) is 3.12. The second-order valence-electron chi connectivity index (χ2n) is 8.82. The molecule has 5 nitrogen and oxygen atoms in total. The van der Waals surface area contributed by atoms with Crippen LogP contribution in [-0.4, -0.2) is 27.9 Å². The molecule has 4 aromatic rings. The van der Waals surface area contributed by atoms with E-state index in [1.165, 1.54) is 5.56 Å². The molecule has 6 rings (SSSR count). The van der Waals surface area contributed by atoms with Crippen LogP contribution < -0.4 is 5.32 Å². The zero-order valence-corrected chi connectivity index (χ0v) is 17.4. The molecule has 31 heavy (non-hydrogen) atoms. The number of aryl methyl sites for hydroxylation is 1. The molecule has 1 aliphatic heterocycles. The number of rotatable bonds is 4. The van der Waals surface area contributed by atoms with E-state index in [0.29, 0.717) is 5.56 Å². The Hall–Kier alpha value is -3.49. The summed E-state index contributed by atoms with van der Waals surface area (Å²) in [5.74, 6) is 2.33. The highest BCUT2D eigenvalue weighted by atomic mass is 15.3. The van der Waals surface area contributed by atoms with Gasteiger partial charge in [0.25, 0.3) is 0 Å². The van der Waals surface area contributed by atoms with Gasteiger partial charge in [0.05, 0.1) is 29.0 Å². The van der Waals surface area contributed by atoms with Crippen molar-refractivity contribution in [2.45, 2.75) is 13.5 Å². The van der Waals surface area contributed by atoms with Crippen molar-refractivity contribution in [3.05, 3.63) is 71.9 Å². The number of nitrogens with zero attached hydrogens (tertiary/aromatic N) is 4. The van der Waals surface area contributed by atoms with E-state index in [1.807, 2.05) is 30.5 Å². The molecule has 1 aliphatic carbocycles. The van der Waals surface area contributed by atoms with Gasteiger partial charge in [0, 0.05) is 17.7 Å². The predicted octanol–water partition coefficient (Wildman–Crippen LogP) is 4.41. The molecule has 2 aromatic heterocycles. The van der Waals surface area contributed by atoms with Crippen LogP contribution in [0.3, 0.4) is 0 Å². The van der Waals surface area contributed by atoms with Gasteiger partial charge in [-0.2, -0.15) is 10.4 Å². The van der Waals surface area contributed by atoms with Crippen LogP contribution in [0.25, 0.3) is 33.4 Å². The molecule has 2 fully saturated rings. The summed E-state index contributed by atoms with van der Waals surface area (Å²) in [5.41, 5.74) is 8.05. The Bertz CT molecular complexity index is 1300. The fourth-order valence-electron chi connectivity index (χ4n) is 5.04. The van der Waals surface area contributed by atoms with Crippen LogP contribution in [0.1, 0.15) is 11.1 Å². The van der Waals surface area contributed by atoms with Gasteiger partial charge >= 0.3 is 0 Å². The lowest BCUT2D eigenvalue weighted by atomic mass is 9.97. The Morgan fingerprint density at radius 1 is 1.03 bits per heavy atom. The molecule has 3 atom stereocenters. The predicted molar refractivity (Wildman–Crippen MR) is 121 cm³/mol. The van der Waals surface area contributed by atoms with Gasteiger partial charge in [-0.1, -0.05) is 42.0 Å². The number of benzene rings is 2. The van der Waals surface area contributed by atoms with Crippen molar-refractivity contribution in [2.24, 2.45) is 17.8 Å². The van der Waals surface area contributed by atoms with Crippen LogP contribution >= 0.6 is 0 Å². The second-order valence-corrected chi connectivity index (χ2v) is 8.82. The molecule has 1 unspecified atom stereocenters. The quantitative estimate of drug-likeness (QED) is 0.546. The second kappa shape index (κ2) is 7.04. The number of nitriles is 1. The summed E-state index contributed by atoms with van der Waals surface area (Å²) in [4.78, 5) is 5.05. The molecule has 2 aliphatic rings. The maximum Gasteiger partial charge on any atom is 0.109 e. The van der Waals surface area contributed by atoms with E-state index in [2.05, 4.69) is 53.3 Å². The molecule has 0 amide bonds. The van der Waals surface area contributed by atoms with Crippen molar-refractivity contribution in [3.8, 4) is 28.5 Å². The first-order chi connectivity index (χ1) is 15.2. The lowest BCUT2D eigenvalue weighted by Crippen LogP contribution is -2.17. The SMILES string of the molecule is Cc1ccc(-c2nc3cnn(CC4[C@H]5CNC[C@@H]45)c3cc2-c2ccc(C#N)cc2)cc1. The van der Waals surface area contributed by atoms with Gasteiger partial charge in [0.2, 0.25) is 0 Å². The van der Waals surface area contributed by atoms with E-state index in [9.17, 15) is 5.26 Å². The highest BCUT2D eigenvalue weighted by molar-refractivity contribution is 5.90. The van der Waals surface area contributed by atoms with E-state index >= 15 is 0 Å². The lowest BCUT2D eigenvalue weighted by Gasteiger charge is -2.12. The van der Waals surface area contributed by atoms with Gasteiger partial charge < -0.3 is 5.32 Å². The maximum atomic E-state index is 9.19. The van der Waals surface area contributed by atoms with Crippen molar-refractivity contribution in [3.63, 3.8) is 0 Å². The van der Waals surface area contributed by atoms with Gasteiger partial charge in [-0.05, 0) is 61.5 Å². The summed E-state index contributed by atoms with van der Waals surface area (Å²) in [5, 5.41) is 17.4. The first-order valence-electron chi connectivity index (χ1n) is 10.9. The normalized spacial score (nSPS) is 21.7. The first-order valence-corrected chi connectivity index (χ1v) is 10.9. The third-order valence-corrected chi connectivity index (χ3v) is 6.93. The van der Waals surface area contributed by atoms with Crippen molar-refractivity contribution in [1.29, 1.82) is 5.26 Å². The van der Waals surface area contributed by atoms with E-state index < -0.39 is 0 Å². The van der Waals surface area contributed by atoms with Crippen LogP contribution in [0.5, 0.6) is 0 Å².